The Kier molecular flexibility index (Phi) is 6.96. The Morgan fingerprint density at radius 3 is 2.94 bits per heavy atom. The molecule has 2 amide bonds. The normalized spacial score (nSPS) is 19.8. The summed E-state index contributed by atoms with van der Waals surface area (Å²) in [6, 6.07) is 0.292. The van der Waals surface area contributed by atoms with Crippen molar-refractivity contribution in [2.24, 2.45) is 0 Å². The lowest BCUT2D eigenvalue weighted by Crippen LogP contribution is -2.32. The SMILES string of the molecule is CCCCNCCOCCN1CC(C)NC1=O. The van der Waals surface area contributed by atoms with E-state index < -0.39 is 0 Å². The Bertz CT molecular complexity index is 224. The van der Waals surface area contributed by atoms with E-state index in [4.69, 9.17) is 4.74 Å². The maximum absolute atomic E-state index is 11.4. The zero-order valence-corrected chi connectivity index (χ0v) is 11.0. The number of ether oxygens (including phenoxy) is 1. The molecule has 1 unspecified atom stereocenters. The molecular weight excluding hydrogens is 218 g/mol. The summed E-state index contributed by atoms with van der Waals surface area (Å²) in [4.78, 5) is 13.2. The molecule has 1 rings (SSSR count). The highest BCUT2D eigenvalue weighted by molar-refractivity contribution is 5.76. The average Bonchev–Trinajstić information content (AvgIpc) is 2.61. The fourth-order valence-electron chi connectivity index (χ4n) is 1.80. The van der Waals surface area contributed by atoms with E-state index in [1.165, 1.54) is 12.8 Å². The number of carbonyl (C=O) groups is 1. The van der Waals surface area contributed by atoms with Crippen LogP contribution in [0.4, 0.5) is 4.79 Å². The Balaban J connectivity index is 1.89. The van der Waals surface area contributed by atoms with Gasteiger partial charge in [0.05, 0.1) is 13.2 Å². The number of nitrogens with zero attached hydrogens (tertiary/aromatic N) is 1. The van der Waals surface area contributed by atoms with Crippen LogP contribution >= 0.6 is 0 Å². The van der Waals surface area contributed by atoms with Crippen molar-refractivity contribution in [2.75, 3.05) is 39.4 Å². The minimum Gasteiger partial charge on any atom is -0.378 e. The van der Waals surface area contributed by atoms with E-state index in [9.17, 15) is 4.79 Å². The summed E-state index contributed by atoms with van der Waals surface area (Å²) < 4.78 is 5.48. The van der Waals surface area contributed by atoms with Crippen LogP contribution in [0.5, 0.6) is 0 Å². The molecule has 0 aromatic rings. The molecule has 0 aromatic carbocycles. The predicted octanol–water partition coefficient (Wildman–Crippen LogP) is 0.806. The first kappa shape index (κ1) is 14.3. The largest absolute Gasteiger partial charge is 0.378 e. The molecule has 5 nitrogen and oxygen atoms in total. The first-order valence-electron chi connectivity index (χ1n) is 6.58. The summed E-state index contributed by atoms with van der Waals surface area (Å²) in [5.74, 6) is 0. The number of amides is 2. The predicted molar refractivity (Wildman–Crippen MR) is 68.2 cm³/mol. The molecule has 5 heteroatoms. The van der Waals surface area contributed by atoms with Gasteiger partial charge in [0.2, 0.25) is 0 Å². The van der Waals surface area contributed by atoms with Crippen molar-refractivity contribution in [3.8, 4) is 0 Å². The molecule has 0 aromatic heterocycles. The van der Waals surface area contributed by atoms with Crippen LogP contribution in [-0.2, 0) is 4.74 Å². The molecule has 2 N–H and O–H groups in total. The first-order valence-corrected chi connectivity index (χ1v) is 6.58. The molecule has 1 aliphatic rings. The van der Waals surface area contributed by atoms with Crippen molar-refractivity contribution >= 4 is 6.03 Å². The molecule has 0 radical (unpaired) electrons. The van der Waals surface area contributed by atoms with E-state index in [-0.39, 0.29) is 12.1 Å². The van der Waals surface area contributed by atoms with E-state index in [1.54, 1.807) is 4.90 Å². The maximum Gasteiger partial charge on any atom is 0.317 e. The zero-order chi connectivity index (χ0) is 12.5. The number of nitrogens with one attached hydrogen (secondary N) is 2. The van der Waals surface area contributed by atoms with Gasteiger partial charge in [0, 0.05) is 25.7 Å². The monoisotopic (exact) mass is 243 g/mol. The lowest BCUT2D eigenvalue weighted by Gasteiger charge is -2.14. The van der Waals surface area contributed by atoms with Gasteiger partial charge in [0.15, 0.2) is 0 Å². The summed E-state index contributed by atoms with van der Waals surface area (Å²) in [6.07, 6.45) is 2.43. The van der Waals surface area contributed by atoms with Gasteiger partial charge in [0.25, 0.3) is 0 Å². The van der Waals surface area contributed by atoms with Crippen molar-refractivity contribution in [1.82, 2.24) is 15.5 Å². The highest BCUT2D eigenvalue weighted by atomic mass is 16.5. The van der Waals surface area contributed by atoms with Crippen molar-refractivity contribution in [3.63, 3.8) is 0 Å². The van der Waals surface area contributed by atoms with Gasteiger partial charge in [-0.25, -0.2) is 4.79 Å². The quantitative estimate of drug-likeness (QED) is 0.589. The Morgan fingerprint density at radius 1 is 1.47 bits per heavy atom. The Labute approximate surface area is 104 Å². The Morgan fingerprint density at radius 2 is 2.29 bits per heavy atom. The molecule has 1 heterocycles. The van der Waals surface area contributed by atoms with E-state index >= 15 is 0 Å². The first-order chi connectivity index (χ1) is 8.24. The minimum atomic E-state index is 0.0298. The van der Waals surface area contributed by atoms with Gasteiger partial charge in [-0.2, -0.15) is 0 Å². The molecule has 1 fully saturated rings. The average molecular weight is 243 g/mol. The second-order valence-corrected chi connectivity index (χ2v) is 4.51. The fourth-order valence-corrected chi connectivity index (χ4v) is 1.80. The lowest BCUT2D eigenvalue weighted by atomic mass is 10.3. The van der Waals surface area contributed by atoms with Crippen LogP contribution in [-0.4, -0.2) is 56.4 Å². The van der Waals surface area contributed by atoms with Crippen molar-refractivity contribution in [3.05, 3.63) is 0 Å². The second-order valence-electron chi connectivity index (χ2n) is 4.51. The lowest BCUT2D eigenvalue weighted by molar-refractivity contribution is 0.117. The smallest absolute Gasteiger partial charge is 0.317 e. The van der Waals surface area contributed by atoms with Crippen LogP contribution in [0, 0.1) is 0 Å². The van der Waals surface area contributed by atoms with Gasteiger partial charge < -0.3 is 20.3 Å². The molecule has 0 bridgehead atoms. The van der Waals surface area contributed by atoms with Crippen molar-refractivity contribution in [1.29, 1.82) is 0 Å². The highest BCUT2D eigenvalue weighted by Gasteiger charge is 2.24. The van der Waals surface area contributed by atoms with Gasteiger partial charge in [-0.1, -0.05) is 13.3 Å². The fraction of sp³-hybridized carbons (Fsp3) is 0.917. The molecule has 1 saturated heterocycles. The summed E-state index contributed by atoms with van der Waals surface area (Å²) in [6.45, 7) is 8.96. The summed E-state index contributed by atoms with van der Waals surface area (Å²) in [5, 5.41) is 6.17. The molecule has 0 saturated carbocycles. The van der Waals surface area contributed by atoms with E-state index in [1.807, 2.05) is 6.92 Å². The van der Waals surface area contributed by atoms with Crippen LogP contribution in [0.1, 0.15) is 26.7 Å². The maximum atomic E-state index is 11.4. The molecule has 17 heavy (non-hydrogen) atoms. The zero-order valence-electron chi connectivity index (χ0n) is 11.0. The molecular formula is C12H25N3O2. The molecule has 1 aliphatic heterocycles. The van der Waals surface area contributed by atoms with E-state index in [0.717, 1.165) is 19.6 Å². The van der Waals surface area contributed by atoms with Gasteiger partial charge in [-0.15, -0.1) is 0 Å². The number of hydrogen-bond acceptors (Lipinski definition) is 3. The summed E-state index contributed by atoms with van der Waals surface area (Å²) >= 11 is 0. The van der Waals surface area contributed by atoms with E-state index in [0.29, 0.717) is 19.8 Å². The van der Waals surface area contributed by atoms with Gasteiger partial charge >= 0.3 is 6.03 Å². The number of carbonyl (C=O) groups excluding carboxylic acids is 1. The summed E-state index contributed by atoms with van der Waals surface area (Å²) in [5.41, 5.74) is 0. The van der Waals surface area contributed by atoms with Crippen LogP contribution in [0.25, 0.3) is 0 Å². The van der Waals surface area contributed by atoms with Crippen LogP contribution in [0.3, 0.4) is 0 Å². The standard InChI is InChI=1S/C12H25N3O2/c1-3-4-5-13-6-8-17-9-7-15-10-11(2)14-12(15)16/h11,13H,3-10H2,1-2H3,(H,14,16). The topological polar surface area (TPSA) is 53.6 Å². The van der Waals surface area contributed by atoms with Crippen molar-refractivity contribution < 1.29 is 9.53 Å². The highest BCUT2D eigenvalue weighted by Crippen LogP contribution is 2.02. The number of hydrogen-bond donors (Lipinski definition) is 2. The number of unbranched alkanes of at least 4 members (excludes halogenated alkanes) is 1. The third-order valence-corrected chi connectivity index (χ3v) is 2.79. The minimum absolute atomic E-state index is 0.0298. The third kappa shape index (κ3) is 5.89. The Hall–Kier alpha value is -0.810. The molecule has 1 atom stereocenters. The van der Waals surface area contributed by atoms with Crippen LogP contribution < -0.4 is 10.6 Å². The van der Waals surface area contributed by atoms with E-state index in [2.05, 4.69) is 17.6 Å². The number of rotatable bonds is 9. The second kappa shape index (κ2) is 8.31. The third-order valence-electron chi connectivity index (χ3n) is 2.79. The molecule has 0 aliphatic carbocycles. The summed E-state index contributed by atoms with van der Waals surface area (Å²) in [7, 11) is 0. The number of urea groups is 1. The molecule has 0 spiro atoms. The van der Waals surface area contributed by atoms with Crippen molar-refractivity contribution in [2.45, 2.75) is 32.7 Å². The van der Waals surface area contributed by atoms with Gasteiger partial charge in [0.1, 0.15) is 0 Å². The van der Waals surface area contributed by atoms with Crippen LogP contribution in [0.15, 0.2) is 0 Å². The van der Waals surface area contributed by atoms with Crippen LogP contribution in [0.2, 0.25) is 0 Å². The van der Waals surface area contributed by atoms with Gasteiger partial charge in [-0.3, -0.25) is 0 Å². The molecule has 100 valence electrons. The van der Waals surface area contributed by atoms with Gasteiger partial charge in [-0.05, 0) is 19.9 Å².